The number of nitrogens with zero attached hydrogens (tertiary/aromatic N) is 1. The Morgan fingerprint density at radius 3 is 2.70 bits per heavy atom. The largest absolute Gasteiger partial charge is 0.495 e. The van der Waals surface area contributed by atoms with Gasteiger partial charge >= 0.3 is 0 Å². The van der Waals surface area contributed by atoms with Crippen LogP contribution in [0.5, 0.6) is 5.75 Å². The van der Waals surface area contributed by atoms with Crippen LogP contribution in [0.4, 0.5) is 0 Å². The van der Waals surface area contributed by atoms with Gasteiger partial charge in [0, 0.05) is 12.6 Å². The van der Waals surface area contributed by atoms with Crippen molar-refractivity contribution < 1.29 is 19.4 Å². The number of benzene rings is 1. The molecule has 0 atom stereocenters. The minimum atomic E-state index is -0.588. The van der Waals surface area contributed by atoms with E-state index in [0.717, 1.165) is 0 Å². The summed E-state index contributed by atoms with van der Waals surface area (Å²) in [5.74, 6) is 4.76. The molecule has 0 radical (unpaired) electrons. The Morgan fingerprint density at radius 2 is 2.15 bits per heavy atom. The zero-order valence-electron chi connectivity index (χ0n) is 11.3. The lowest BCUT2D eigenvalue weighted by atomic mass is 10.1. The van der Waals surface area contributed by atoms with Crippen LogP contribution in [0, 0.1) is 11.8 Å². The molecular weight excluding hydrogens is 260 g/mol. The molecule has 0 aliphatic heterocycles. The van der Waals surface area contributed by atoms with E-state index in [1.54, 1.807) is 18.2 Å². The summed E-state index contributed by atoms with van der Waals surface area (Å²) >= 11 is 0. The summed E-state index contributed by atoms with van der Waals surface area (Å²) in [4.78, 5) is 24.1. The first-order valence-corrected chi connectivity index (χ1v) is 5.81. The van der Waals surface area contributed by atoms with E-state index < -0.39 is 5.91 Å². The molecule has 0 aliphatic carbocycles. The fraction of sp³-hybridized carbons (Fsp3) is 0.286. The van der Waals surface area contributed by atoms with E-state index in [-0.39, 0.29) is 19.1 Å². The third-order valence-corrected chi connectivity index (χ3v) is 2.49. The average Bonchev–Trinajstić information content (AvgIpc) is 2.43. The van der Waals surface area contributed by atoms with Gasteiger partial charge in [-0.05, 0) is 18.2 Å². The Labute approximate surface area is 117 Å². The second kappa shape index (κ2) is 7.16. The second-order valence-electron chi connectivity index (χ2n) is 4.00. The molecule has 0 spiro atoms. The van der Waals surface area contributed by atoms with E-state index in [4.69, 9.17) is 15.6 Å². The van der Waals surface area contributed by atoms with Crippen molar-refractivity contribution >= 4 is 11.8 Å². The summed E-state index contributed by atoms with van der Waals surface area (Å²) in [5, 5.41) is 8.72. The first-order valence-electron chi connectivity index (χ1n) is 5.81. The molecule has 6 nitrogen and oxygen atoms in total. The van der Waals surface area contributed by atoms with Gasteiger partial charge < -0.3 is 20.5 Å². The number of carbonyl (C=O) groups is 2. The molecule has 1 aromatic rings. The molecule has 0 aromatic heterocycles. The van der Waals surface area contributed by atoms with E-state index in [0.29, 0.717) is 16.9 Å². The highest BCUT2D eigenvalue weighted by Gasteiger charge is 2.15. The van der Waals surface area contributed by atoms with Gasteiger partial charge in [-0.3, -0.25) is 9.59 Å². The van der Waals surface area contributed by atoms with Crippen LogP contribution in [0.15, 0.2) is 18.2 Å². The van der Waals surface area contributed by atoms with Gasteiger partial charge in [0.05, 0.1) is 19.2 Å². The van der Waals surface area contributed by atoms with Crippen molar-refractivity contribution in [3.8, 4) is 17.6 Å². The van der Waals surface area contributed by atoms with Gasteiger partial charge in [-0.2, -0.15) is 0 Å². The number of hydrogen-bond donors (Lipinski definition) is 2. The molecular formula is C14H16N2O4. The molecule has 0 fully saturated rings. The smallest absolute Gasteiger partial charge is 0.254 e. The highest BCUT2D eigenvalue weighted by Crippen LogP contribution is 2.19. The minimum absolute atomic E-state index is 0.164. The molecule has 20 heavy (non-hydrogen) atoms. The van der Waals surface area contributed by atoms with E-state index in [2.05, 4.69) is 11.8 Å². The first kappa shape index (κ1) is 15.5. The van der Waals surface area contributed by atoms with Crippen molar-refractivity contribution in [3.63, 3.8) is 0 Å². The van der Waals surface area contributed by atoms with E-state index in [9.17, 15) is 9.59 Å². The summed E-state index contributed by atoms with van der Waals surface area (Å²) in [6.45, 7) is -0.453. The van der Waals surface area contributed by atoms with Gasteiger partial charge in [-0.15, -0.1) is 0 Å². The number of aliphatic hydroxyl groups is 1. The maximum Gasteiger partial charge on any atom is 0.254 e. The highest BCUT2D eigenvalue weighted by molar-refractivity contribution is 5.96. The number of hydrogen-bond acceptors (Lipinski definition) is 4. The Hall–Kier alpha value is -2.52. The molecule has 3 N–H and O–H groups in total. The zero-order valence-corrected chi connectivity index (χ0v) is 11.3. The predicted octanol–water partition coefficient (Wildman–Crippen LogP) is -0.404. The van der Waals surface area contributed by atoms with Crippen molar-refractivity contribution in [1.29, 1.82) is 0 Å². The van der Waals surface area contributed by atoms with Crippen LogP contribution in [0.1, 0.15) is 15.9 Å². The number of methoxy groups -OCH3 is 1. The predicted molar refractivity (Wildman–Crippen MR) is 73.1 cm³/mol. The van der Waals surface area contributed by atoms with Gasteiger partial charge in [0.2, 0.25) is 5.91 Å². The van der Waals surface area contributed by atoms with Crippen molar-refractivity contribution in [2.45, 2.75) is 0 Å². The SMILES string of the molecule is COc1ccc(C(=O)N(C)CC(N)=O)cc1C#CCO. The van der Waals surface area contributed by atoms with Crippen molar-refractivity contribution in [2.75, 3.05) is 27.3 Å². The van der Waals surface area contributed by atoms with Crippen molar-refractivity contribution in [2.24, 2.45) is 5.73 Å². The van der Waals surface area contributed by atoms with Gasteiger partial charge in [-0.25, -0.2) is 0 Å². The standard InChI is InChI=1S/C14H16N2O4/c1-16(9-13(15)18)14(19)11-5-6-12(20-2)10(8-11)4-3-7-17/h5-6,8,17H,7,9H2,1-2H3,(H2,15,18). The van der Waals surface area contributed by atoms with E-state index in [1.165, 1.54) is 19.1 Å². The average molecular weight is 276 g/mol. The normalized spacial score (nSPS) is 9.35. The fourth-order valence-electron chi connectivity index (χ4n) is 1.60. The lowest BCUT2D eigenvalue weighted by Crippen LogP contribution is -2.35. The first-order chi connectivity index (χ1) is 9.49. The van der Waals surface area contributed by atoms with Crippen LogP contribution in [-0.2, 0) is 4.79 Å². The molecule has 6 heteroatoms. The number of carbonyl (C=O) groups excluding carboxylic acids is 2. The van der Waals surface area contributed by atoms with Gasteiger partial charge in [-0.1, -0.05) is 11.8 Å². The molecule has 0 saturated carbocycles. The Bertz CT molecular complexity index is 572. The number of aliphatic hydroxyl groups excluding tert-OH is 1. The Balaban J connectivity index is 3.07. The number of rotatable bonds is 4. The fourth-order valence-corrected chi connectivity index (χ4v) is 1.60. The molecule has 0 saturated heterocycles. The molecule has 1 rings (SSSR count). The Kier molecular flexibility index (Phi) is 5.56. The van der Waals surface area contributed by atoms with Crippen LogP contribution < -0.4 is 10.5 Å². The van der Waals surface area contributed by atoms with Gasteiger partial charge in [0.1, 0.15) is 12.4 Å². The maximum atomic E-state index is 12.1. The lowest BCUT2D eigenvalue weighted by Gasteiger charge is -2.15. The topological polar surface area (TPSA) is 92.9 Å². The van der Waals surface area contributed by atoms with Gasteiger partial charge in [0.25, 0.3) is 5.91 Å². The van der Waals surface area contributed by atoms with E-state index >= 15 is 0 Å². The van der Waals surface area contributed by atoms with Crippen LogP contribution in [0.25, 0.3) is 0 Å². The lowest BCUT2D eigenvalue weighted by molar-refractivity contribution is -0.118. The van der Waals surface area contributed by atoms with Crippen molar-refractivity contribution in [3.05, 3.63) is 29.3 Å². The quantitative estimate of drug-likeness (QED) is 0.732. The molecule has 0 aliphatic rings. The molecule has 0 bridgehead atoms. The van der Waals surface area contributed by atoms with Crippen LogP contribution in [-0.4, -0.2) is 49.1 Å². The molecule has 106 valence electrons. The highest BCUT2D eigenvalue weighted by atomic mass is 16.5. The zero-order chi connectivity index (χ0) is 15.1. The Morgan fingerprint density at radius 1 is 1.45 bits per heavy atom. The summed E-state index contributed by atoms with van der Waals surface area (Å²) < 4.78 is 5.12. The third-order valence-electron chi connectivity index (χ3n) is 2.49. The summed E-state index contributed by atoms with van der Waals surface area (Å²) in [6, 6.07) is 4.72. The number of likely N-dealkylation sites (N-methyl/N-ethyl adjacent to an activating group) is 1. The third kappa shape index (κ3) is 4.00. The van der Waals surface area contributed by atoms with Gasteiger partial charge in [0.15, 0.2) is 0 Å². The molecule has 0 heterocycles. The van der Waals surface area contributed by atoms with Crippen LogP contribution in [0.2, 0.25) is 0 Å². The van der Waals surface area contributed by atoms with Crippen molar-refractivity contribution in [1.82, 2.24) is 4.90 Å². The summed E-state index contributed by atoms with van der Waals surface area (Å²) in [5.41, 5.74) is 5.89. The number of ether oxygens (including phenoxy) is 1. The maximum absolute atomic E-state index is 12.1. The summed E-state index contributed by atoms with van der Waals surface area (Å²) in [7, 11) is 2.97. The number of nitrogens with two attached hydrogens (primary N) is 1. The number of amides is 2. The molecule has 1 aromatic carbocycles. The van der Waals surface area contributed by atoms with E-state index in [1.807, 2.05) is 0 Å². The summed E-state index contributed by atoms with van der Waals surface area (Å²) in [6.07, 6.45) is 0. The molecule has 0 unspecified atom stereocenters. The second-order valence-corrected chi connectivity index (χ2v) is 4.00. The van der Waals surface area contributed by atoms with Crippen LogP contribution in [0.3, 0.4) is 0 Å². The minimum Gasteiger partial charge on any atom is -0.495 e. The monoisotopic (exact) mass is 276 g/mol. The molecule has 2 amide bonds. The van der Waals surface area contributed by atoms with Crippen LogP contribution >= 0.6 is 0 Å². The number of primary amides is 1.